The maximum atomic E-state index is 12.1. The van der Waals surface area contributed by atoms with Crippen LogP contribution in [0.3, 0.4) is 0 Å². The van der Waals surface area contributed by atoms with Crippen molar-refractivity contribution in [3.05, 3.63) is 41.8 Å². The molecule has 24 heavy (non-hydrogen) atoms. The van der Waals surface area contributed by atoms with Gasteiger partial charge < -0.3 is 19.4 Å². The molecule has 1 atom stereocenters. The van der Waals surface area contributed by atoms with E-state index in [9.17, 15) is 4.79 Å². The van der Waals surface area contributed by atoms with Crippen LogP contribution in [-0.2, 0) is 9.53 Å². The van der Waals surface area contributed by atoms with Crippen molar-refractivity contribution >= 4 is 11.9 Å². The van der Waals surface area contributed by atoms with Crippen molar-refractivity contribution < 1.29 is 13.9 Å². The van der Waals surface area contributed by atoms with E-state index in [1.165, 1.54) is 0 Å². The molecule has 0 unspecified atom stereocenters. The van der Waals surface area contributed by atoms with Crippen LogP contribution in [0.15, 0.2) is 34.7 Å². The average molecular weight is 330 g/mol. The normalized spacial score (nSPS) is 15.5. The molecule has 128 valence electrons. The number of carbonyl (C=O) groups excluding carboxylic acids is 1. The summed E-state index contributed by atoms with van der Waals surface area (Å²) in [7, 11) is 0. The predicted octanol–water partition coefficient (Wildman–Crippen LogP) is 1.91. The Morgan fingerprint density at radius 3 is 2.75 bits per heavy atom. The summed E-state index contributed by atoms with van der Waals surface area (Å²) in [4.78, 5) is 14.2. The van der Waals surface area contributed by atoms with Crippen LogP contribution in [0.4, 0.5) is 6.01 Å². The first kappa shape index (κ1) is 16.4. The first-order valence-corrected chi connectivity index (χ1v) is 8.28. The highest BCUT2D eigenvalue weighted by molar-refractivity contribution is 5.78. The van der Waals surface area contributed by atoms with E-state index in [0.29, 0.717) is 18.5 Å². The lowest BCUT2D eigenvalue weighted by atomic mass is 10.1. The molecule has 0 aliphatic carbocycles. The first-order valence-electron chi connectivity index (χ1n) is 8.28. The number of nitrogens with zero attached hydrogens (tertiary/aromatic N) is 3. The van der Waals surface area contributed by atoms with Crippen molar-refractivity contribution in [1.82, 2.24) is 15.5 Å². The van der Waals surface area contributed by atoms with E-state index in [0.717, 1.165) is 31.5 Å². The quantitative estimate of drug-likeness (QED) is 0.835. The highest BCUT2D eigenvalue weighted by atomic mass is 16.5. The lowest BCUT2D eigenvalue weighted by Gasteiger charge is -2.16. The molecule has 1 aromatic carbocycles. The van der Waals surface area contributed by atoms with Crippen LogP contribution in [0.1, 0.15) is 37.3 Å². The minimum absolute atomic E-state index is 0.00690. The lowest BCUT2D eigenvalue weighted by molar-refractivity contribution is -0.126. The van der Waals surface area contributed by atoms with E-state index < -0.39 is 6.04 Å². The van der Waals surface area contributed by atoms with Crippen LogP contribution in [0.25, 0.3) is 0 Å². The number of ether oxygens (including phenoxy) is 1. The molecule has 7 heteroatoms. The van der Waals surface area contributed by atoms with E-state index >= 15 is 0 Å². The van der Waals surface area contributed by atoms with Crippen molar-refractivity contribution in [3.63, 3.8) is 0 Å². The molecule has 7 nitrogen and oxygen atoms in total. The smallest absolute Gasteiger partial charge is 0.318 e. The molecule has 1 aliphatic rings. The van der Waals surface area contributed by atoms with Gasteiger partial charge in [0.2, 0.25) is 11.8 Å². The van der Waals surface area contributed by atoms with Crippen LogP contribution in [0.2, 0.25) is 0 Å². The van der Waals surface area contributed by atoms with Crippen LogP contribution >= 0.6 is 0 Å². The molecule has 0 saturated carbocycles. The second kappa shape index (κ2) is 7.92. The Balaban J connectivity index is 1.80. The van der Waals surface area contributed by atoms with Crippen molar-refractivity contribution in [3.8, 4) is 0 Å². The summed E-state index contributed by atoms with van der Waals surface area (Å²) < 4.78 is 11.0. The first-order chi connectivity index (χ1) is 11.8. The topological polar surface area (TPSA) is 80.5 Å². The maximum Gasteiger partial charge on any atom is 0.318 e. The Morgan fingerprint density at radius 2 is 2.04 bits per heavy atom. The summed E-state index contributed by atoms with van der Waals surface area (Å²) in [6, 6.07) is 9.62. The number of aromatic nitrogens is 2. The second-order valence-electron chi connectivity index (χ2n) is 5.67. The van der Waals surface area contributed by atoms with Gasteiger partial charge in [0, 0.05) is 19.7 Å². The molecule has 1 saturated heterocycles. The fourth-order valence-corrected chi connectivity index (χ4v) is 2.71. The summed E-state index contributed by atoms with van der Waals surface area (Å²) in [6.07, 6.45) is 2.26. The van der Waals surface area contributed by atoms with Crippen LogP contribution in [0, 0.1) is 0 Å². The minimum atomic E-state index is -0.483. The summed E-state index contributed by atoms with van der Waals surface area (Å²) >= 11 is 0. The zero-order chi connectivity index (χ0) is 16.8. The fraction of sp³-hybridized carbons (Fsp3) is 0.471. The van der Waals surface area contributed by atoms with Gasteiger partial charge in [-0.25, -0.2) is 0 Å². The number of hydrogen-bond donors (Lipinski definition) is 1. The number of rotatable bonds is 7. The SMILES string of the molecule is CCOCC(=O)N[C@H](c1ccccc1)c1nnc(N2CCCC2)o1. The van der Waals surface area contributed by atoms with Crippen molar-refractivity contribution in [2.45, 2.75) is 25.8 Å². The summed E-state index contributed by atoms with van der Waals surface area (Å²) in [6.45, 7) is 4.20. The van der Waals surface area contributed by atoms with Crippen LogP contribution in [-0.4, -0.2) is 42.4 Å². The Labute approximate surface area is 141 Å². The summed E-state index contributed by atoms with van der Waals surface area (Å²) in [5.74, 6) is 0.166. The molecule has 1 amide bonds. The fourth-order valence-electron chi connectivity index (χ4n) is 2.71. The Kier molecular flexibility index (Phi) is 5.43. The third-order valence-corrected chi connectivity index (χ3v) is 3.93. The molecular formula is C17H22N4O3. The summed E-state index contributed by atoms with van der Waals surface area (Å²) in [5.41, 5.74) is 0.888. The number of amides is 1. The van der Waals surface area contributed by atoms with E-state index in [2.05, 4.69) is 20.4 Å². The second-order valence-corrected chi connectivity index (χ2v) is 5.67. The Hall–Kier alpha value is -2.41. The molecular weight excluding hydrogens is 308 g/mol. The van der Waals surface area contributed by atoms with Gasteiger partial charge in [0.05, 0.1) is 0 Å². The average Bonchev–Trinajstić information content (AvgIpc) is 3.29. The molecule has 1 N–H and O–H groups in total. The Morgan fingerprint density at radius 1 is 1.29 bits per heavy atom. The maximum absolute atomic E-state index is 12.1. The molecule has 0 spiro atoms. The molecule has 2 aromatic rings. The van der Waals surface area contributed by atoms with Crippen molar-refractivity contribution in [2.24, 2.45) is 0 Å². The van der Waals surface area contributed by atoms with Gasteiger partial charge in [-0.3, -0.25) is 4.79 Å². The monoisotopic (exact) mass is 330 g/mol. The van der Waals surface area contributed by atoms with Gasteiger partial charge in [-0.05, 0) is 25.3 Å². The Bertz CT molecular complexity index is 653. The van der Waals surface area contributed by atoms with Gasteiger partial charge in [-0.1, -0.05) is 35.4 Å². The number of carbonyl (C=O) groups is 1. The van der Waals surface area contributed by atoms with E-state index in [4.69, 9.17) is 9.15 Å². The predicted molar refractivity (Wildman–Crippen MR) is 88.7 cm³/mol. The molecule has 0 bridgehead atoms. The van der Waals surface area contributed by atoms with Gasteiger partial charge in [-0.15, -0.1) is 5.10 Å². The molecule has 1 aromatic heterocycles. The van der Waals surface area contributed by atoms with E-state index in [1.54, 1.807) is 0 Å². The van der Waals surface area contributed by atoms with Crippen LogP contribution in [0.5, 0.6) is 0 Å². The van der Waals surface area contributed by atoms with Crippen molar-refractivity contribution in [2.75, 3.05) is 31.2 Å². The lowest BCUT2D eigenvalue weighted by Crippen LogP contribution is -2.32. The largest absolute Gasteiger partial charge is 0.405 e. The number of nitrogens with one attached hydrogen (secondary N) is 1. The van der Waals surface area contributed by atoms with E-state index in [1.807, 2.05) is 37.3 Å². The third kappa shape index (κ3) is 3.91. The third-order valence-electron chi connectivity index (χ3n) is 3.93. The number of benzene rings is 1. The molecule has 1 aliphatic heterocycles. The van der Waals surface area contributed by atoms with Crippen molar-refractivity contribution in [1.29, 1.82) is 0 Å². The van der Waals surface area contributed by atoms with Gasteiger partial charge in [0.1, 0.15) is 12.6 Å². The van der Waals surface area contributed by atoms with Gasteiger partial charge in [-0.2, -0.15) is 0 Å². The number of anilines is 1. The highest BCUT2D eigenvalue weighted by Gasteiger charge is 2.25. The minimum Gasteiger partial charge on any atom is -0.405 e. The van der Waals surface area contributed by atoms with Gasteiger partial charge in [0.25, 0.3) is 0 Å². The van der Waals surface area contributed by atoms with E-state index in [-0.39, 0.29) is 12.5 Å². The zero-order valence-electron chi connectivity index (χ0n) is 13.8. The summed E-state index contributed by atoms with van der Waals surface area (Å²) in [5, 5.41) is 11.2. The molecule has 3 rings (SSSR count). The molecule has 0 radical (unpaired) electrons. The van der Waals surface area contributed by atoms with Gasteiger partial charge >= 0.3 is 6.01 Å². The highest BCUT2D eigenvalue weighted by Crippen LogP contribution is 2.25. The van der Waals surface area contributed by atoms with Crippen LogP contribution < -0.4 is 10.2 Å². The van der Waals surface area contributed by atoms with Gasteiger partial charge in [0.15, 0.2) is 0 Å². The zero-order valence-corrected chi connectivity index (χ0v) is 13.8. The molecule has 2 heterocycles. The molecule has 1 fully saturated rings. The number of hydrogen-bond acceptors (Lipinski definition) is 6. The standard InChI is InChI=1S/C17H22N4O3/c1-2-23-12-14(22)18-15(13-8-4-3-5-9-13)16-19-20-17(24-16)21-10-6-7-11-21/h3-5,8-9,15H,2,6-7,10-12H2,1H3,(H,18,22)/t15-/m1/s1.